The van der Waals surface area contributed by atoms with E-state index in [-0.39, 0.29) is 16.5 Å². The van der Waals surface area contributed by atoms with E-state index in [1.54, 1.807) is 13.0 Å². The molecule has 0 saturated heterocycles. The van der Waals surface area contributed by atoms with Crippen LogP contribution in [-0.4, -0.2) is 31.3 Å². The number of rotatable bonds is 4. The molecule has 0 radical (unpaired) electrons. The van der Waals surface area contributed by atoms with Gasteiger partial charge in [0.15, 0.2) is 5.16 Å². The Bertz CT molecular complexity index is 699. The van der Waals surface area contributed by atoms with Gasteiger partial charge in [-0.25, -0.2) is 9.97 Å². The number of anilines is 1. The Kier molecular flexibility index (Phi) is 5.19. The van der Waals surface area contributed by atoms with Crippen LogP contribution < -0.4 is 5.32 Å². The molecule has 2 aromatic heterocycles. The smallest absolute Gasteiger partial charge is 0.300 e. The third kappa shape index (κ3) is 4.86. The standard InChI is InChI=1S/C12H12F3N5OS2/c1-5-4-6(2)17-10(16-5)22-7(3)8(21)18-11-20-19-9(23-11)12(13,14)15/h4,7H,1-3H3,(H,18,20,21)/t7-/m0/s1. The van der Waals surface area contributed by atoms with Crippen molar-refractivity contribution in [2.75, 3.05) is 5.32 Å². The van der Waals surface area contributed by atoms with Crippen LogP contribution in [0, 0.1) is 13.8 Å². The molecule has 1 amide bonds. The maximum absolute atomic E-state index is 12.4. The number of hydrogen-bond donors (Lipinski definition) is 1. The van der Waals surface area contributed by atoms with Crippen molar-refractivity contribution in [2.24, 2.45) is 0 Å². The first-order valence-corrected chi connectivity index (χ1v) is 8.05. The first kappa shape index (κ1) is 17.6. The average molecular weight is 363 g/mol. The molecule has 2 aromatic rings. The van der Waals surface area contributed by atoms with Crippen molar-refractivity contribution < 1.29 is 18.0 Å². The second-order valence-electron chi connectivity index (χ2n) is 4.59. The summed E-state index contributed by atoms with van der Waals surface area (Å²) in [5.74, 6) is -0.498. The second-order valence-corrected chi connectivity index (χ2v) is 6.88. The minimum atomic E-state index is -4.58. The number of aromatic nitrogens is 4. The minimum Gasteiger partial charge on any atom is -0.300 e. The molecule has 0 aromatic carbocycles. The highest BCUT2D eigenvalue weighted by molar-refractivity contribution is 8.00. The van der Waals surface area contributed by atoms with E-state index in [1.807, 2.05) is 13.8 Å². The van der Waals surface area contributed by atoms with E-state index >= 15 is 0 Å². The number of nitrogens with one attached hydrogen (secondary N) is 1. The van der Waals surface area contributed by atoms with Crippen molar-refractivity contribution in [2.45, 2.75) is 37.4 Å². The van der Waals surface area contributed by atoms with Crippen LogP contribution >= 0.6 is 23.1 Å². The van der Waals surface area contributed by atoms with Crippen molar-refractivity contribution in [3.63, 3.8) is 0 Å². The molecule has 0 spiro atoms. The minimum absolute atomic E-state index is 0.198. The molecule has 11 heteroatoms. The summed E-state index contributed by atoms with van der Waals surface area (Å²) in [5, 5.41) is 7.16. The largest absolute Gasteiger partial charge is 0.445 e. The average Bonchev–Trinajstić information content (AvgIpc) is 2.85. The first-order chi connectivity index (χ1) is 10.6. The predicted molar refractivity (Wildman–Crippen MR) is 80.4 cm³/mol. The van der Waals surface area contributed by atoms with E-state index in [0.717, 1.165) is 23.1 Å². The molecular formula is C12H12F3N5OS2. The zero-order valence-corrected chi connectivity index (χ0v) is 13.9. The number of carbonyl (C=O) groups is 1. The normalized spacial score (nSPS) is 13.0. The zero-order chi connectivity index (χ0) is 17.2. The lowest BCUT2D eigenvalue weighted by Crippen LogP contribution is -2.22. The summed E-state index contributed by atoms with van der Waals surface area (Å²) in [6.45, 7) is 5.22. The molecule has 0 aliphatic rings. The predicted octanol–water partition coefficient (Wildman–Crippen LogP) is 3.08. The van der Waals surface area contributed by atoms with Crippen LogP contribution in [0.15, 0.2) is 11.2 Å². The van der Waals surface area contributed by atoms with Gasteiger partial charge in [0.25, 0.3) is 0 Å². The number of carbonyl (C=O) groups excluding carboxylic acids is 1. The summed E-state index contributed by atoms with van der Waals surface area (Å²) in [6.07, 6.45) is -4.58. The van der Waals surface area contributed by atoms with Crippen molar-refractivity contribution >= 4 is 34.1 Å². The van der Waals surface area contributed by atoms with E-state index in [2.05, 4.69) is 25.5 Å². The molecule has 0 unspecified atom stereocenters. The number of thioether (sulfide) groups is 1. The molecule has 2 rings (SSSR count). The molecule has 0 saturated carbocycles. The van der Waals surface area contributed by atoms with E-state index in [0.29, 0.717) is 5.16 Å². The monoisotopic (exact) mass is 363 g/mol. The zero-order valence-electron chi connectivity index (χ0n) is 12.3. The first-order valence-electron chi connectivity index (χ1n) is 6.35. The Morgan fingerprint density at radius 2 is 1.87 bits per heavy atom. The molecule has 23 heavy (non-hydrogen) atoms. The van der Waals surface area contributed by atoms with Gasteiger partial charge in [0, 0.05) is 11.4 Å². The summed E-state index contributed by atoms with van der Waals surface area (Å²) < 4.78 is 37.3. The van der Waals surface area contributed by atoms with Crippen LogP contribution in [0.25, 0.3) is 0 Å². The summed E-state index contributed by atoms with van der Waals surface area (Å²) in [4.78, 5) is 20.4. The molecule has 124 valence electrons. The van der Waals surface area contributed by atoms with Crippen LogP contribution in [0.3, 0.4) is 0 Å². The van der Waals surface area contributed by atoms with E-state index in [4.69, 9.17) is 0 Å². The maximum atomic E-state index is 12.4. The molecule has 0 fully saturated rings. The van der Waals surface area contributed by atoms with Gasteiger partial charge in [-0.05, 0) is 26.8 Å². The topological polar surface area (TPSA) is 80.7 Å². The van der Waals surface area contributed by atoms with Crippen molar-refractivity contribution in [3.8, 4) is 0 Å². The van der Waals surface area contributed by atoms with Gasteiger partial charge >= 0.3 is 6.18 Å². The lowest BCUT2D eigenvalue weighted by molar-refractivity contribution is -0.138. The van der Waals surface area contributed by atoms with Gasteiger partial charge in [0.05, 0.1) is 5.25 Å². The fourth-order valence-electron chi connectivity index (χ4n) is 1.55. The van der Waals surface area contributed by atoms with E-state index < -0.39 is 22.3 Å². The van der Waals surface area contributed by atoms with E-state index in [1.165, 1.54) is 0 Å². The number of halogens is 3. The Hall–Kier alpha value is -1.75. The van der Waals surface area contributed by atoms with Crippen molar-refractivity contribution in [1.82, 2.24) is 20.2 Å². The molecule has 0 bridgehead atoms. The fourth-order valence-corrected chi connectivity index (χ4v) is 3.04. The number of alkyl halides is 3. The maximum Gasteiger partial charge on any atom is 0.445 e. The summed E-state index contributed by atoms with van der Waals surface area (Å²) in [5.41, 5.74) is 1.54. The SMILES string of the molecule is Cc1cc(C)nc(S[C@@H](C)C(=O)Nc2nnc(C(F)(F)F)s2)n1. The van der Waals surface area contributed by atoms with Gasteiger partial charge in [0.1, 0.15) is 0 Å². The van der Waals surface area contributed by atoms with Crippen LogP contribution in [0.5, 0.6) is 0 Å². The highest BCUT2D eigenvalue weighted by Gasteiger charge is 2.36. The lowest BCUT2D eigenvalue weighted by atomic mass is 10.4. The quantitative estimate of drug-likeness (QED) is 0.664. The Morgan fingerprint density at radius 3 is 2.39 bits per heavy atom. The molecular weight excluding hydrogens is 351 g/mol. The highest BCUT2D eigenvalue weighted by Crippen LogP contribution is 2.33. The van der Waals surface area contributed by atoms with Crippen LogP contribution in [0.2, 0.25) is 0 Å². The fraction of sp³-hybridized carbons (Fsp3) is 0.417. The molecule has 2 heterocycles. The Balaban J connectivity index is 2.01. The summed E-state index contributed by atoms with van der Waals surface area (Å²) in [6, 6.07) is 1.80. The van der Waals surface area contributed by atoms with Gasteiger partial charge in [-0.3, -0.25) is 10.1 Å². The molecule has 0 aliphatic carbocycles. The van der Waals surface area contributed by atoms with Gasteiger partial charge in [-0.2, -0.15) is 13.2 Å². The Morgan fingerprint density at radius 1 is 1.26 bits per heavy atom. The molecule has 0 aliphatic heterocycles. The summed E-state index contributed by atoms with van der Waals surface area (Å²) in [7, 11) is 0. The van der Waals surface area contributed by atoms with Gasteiger partial charge in [0.2, 0.25) is 16.0 Å². The molecule has 1 N–H and O–H groups in total. The lowest BCUT2D eigenvalue weighted by Gasteiger charge is -2.09. The van der Waals surface area contributed by atoms with E-state index in [9.17, 15) is 18.0 Å². The number of aryl methyl sites for hydroxylation is 2. The number of amides is 1. The molecule has 1 atom stereocenters. The third-order valence-electron chi connectivity index (χ3n) is 2.51. The number of hydrogen-bond acceptors (Lipinski definition) is 7. The van der Waals surface area contributed by atoms with Crippen LogP contribution in [0.1, 0.15) is 23.3 Å². The molecule has 6 nitrogen and oxygen atoms in total. The van der Waals surface area contributed by atoms with Crippen molar-refractivity contribution in [3.05, 3.63) is 22.5 Å². The number of nitrogens with zero attached hydrogens (tertiary/aromatic N) is 4. The Labute approximate surface area is 137 Å². The van der Waals surface area contributed by atoms with Gasteiger partial charge in [-0.15, -0.1) is 10.2 Å². The summed E-state index contributed by atoms with van der Waals surface area (Å²) >= 11 is 1.39. The van der Waals surface area contributed by atoms with Crippen molar-refractivity contribution in [1.29, 1.82) is 0 Å². The van der Waals surface area contributed by atoms with Gasteiger partial charge in [-0.1, -0.05) is 23.1 Å². The second kappa shape index (κ2) is 6.79. The third-order valence-corrected chi connectivity index (χ3v) is 4.36. The van der Waals surface area contributed by atoms with Crippen LogP contribution in [-0.2, 0) is 11.0 Å². The van der Waals surface area contributed by atoms with Crippen LogP contribution in [0.4, 0.5) is 18.3 Å². The van der Waals surface area contributed by atoms with Gasteiger partial charge < -0.3 is 0 Å². The highest BCUT2D eigenvalue weighted by atomic mass is 32.2.